The summed E-state index contributed by atoms with van der Waals surface area (Å²) in [5, 5.41) is 0.100. The van der Waals surface area contributed by atoms with Crippen molar-refractivity contribution >= 4 is 35.8 Å². The number of anilines is 1. The molecule has 2 aliphatic heterocycles. The maximum atomic E-state index is 11.5. The minimum Gasteiger partial charge on any atom is -0.400 e. The van der Waals surface area contributed by atoms with E-state index in [9.17, 15) is 4.79 Å². The van der Waals surface area contributed by atoms with Crippen LogP contribution < -0.4 is 4.90 Å². The van der Waals surface area contributed by atoms with E-state index in [2.05, 4.69) is 62.9 Å². The number of carbonyl (C=O) groups excluding carboxylic acids is 1. The fourth-order valence-corrected chi connectivity index (χ4v) is 3.95. The van der Waals surface area contributed by atoms with E-state index in [-0.39, 0.29) is 5.12 Å². The first-order chi connectivity index (χ1) is 12.7. The molecule has 2 aliphatic rings. The summed E-state index contributed by atoms with van der Waals surface area (Å²) in [5.41, 5.74) is 2.58. The molecule has 0 bridgehead atoms. The van der Waals surface area contributed by atoms with Gasteiger partial charge in [0.1, 0.15) is 0 Å². The first-order valence-electron chi connectivity index (χ1n) is 9.72. The maximum Gasteiger partial charge on any atom is 0.491 e. The first-order valence-corrected chi connectivity index (χ1v) is 10.7. The number of nitrogens with zero attached hydrogens (tertiary/aromatic N) is 1. The fraction of sp³-hybridized carbons (Fsp3) is 0.571. The Balaban J connectivity index is 1.87. The molecule has 4 nitrogen and oxygen atoms in total. The Labute approximate surface area is 167 Å². The summed E-state index contributed by atoms with van der Waals surface area (Å²) in [6.07, 6.45) is 4.64. The van der Waals surface area contributed by atoms with Crippen molar-refractivity contribution in [1.82, 2.24) is 0 Å². The molecule has 0 unspecified atom stereocenters. The van der Waals surface area contributed by atoms with Crippen LogP contribution in [-0.4, -0.2) is 42.3 Å². The van der Waals surface area contributed by atoms with Gasteiger partial charge in [0.2, 0.25) is 0 Å². The van der Waals surface area contributed by atoms with Gasteiger partial charge in [0.15, 0.2) is 5.12 Å². The zero-order valence-electron chi connectivity index (χ0n) is 17.1. The van der Waals surface area contributed by atoms with Crippen molar-refractivity contribution in [1.29, 1.82) is 0 Å². The first kappa shape index (κ1) is 20.5. The van der Waals surface area contributed by atoms with Crippen LogP contribution >= 0.6 is 11.8 Å². The van der Waals surface area contributed by atoms with E-state index >= 15 is 0 Å². The molecular formula is C21H30BNO3S. The van der Waals surface area contributed by atoms with Gasteiger partial charge in [-0.3, -0.25) is 4.79 Å². The van der Waals surface area contributed by atoms with Crippen molar-refractivity contribution < 1.29 is 14.1 Å². The second-order valence-corrected chi connectivity index (χ2v) is 9.53. The van der Waals surface area contributed by atoms with Crippen LogP contribution in [0, 0.1) is 0 Å². The lowest BCUT2D eigenvalue weighted by Gasteiger charge is -2.32. The van der Waals surface area contributed by atoms with Gasteiger partial charge in [0.05, 0.1) is 11.2 Å². The molecule has 0 aromatic heterocycles. The molecule has 0 N–H and O–H groups in total. The number of hydrogen-bond acceptors (Lipinski definition) is 5. The van der Waals surface area contributed by atoms with Gasteiger partial charge in [0.25, 0.3) is 0 Å². The standard InChI is InChI=1S/C21H30BNO3S/c1-16(24)27-15-18(22-25-20(2,3)21(4,5)26-22)13-17-9-8-10-19(14-17)23-11-6-7-12-23/h8-10,13-14H,6-7,11-12,15H2,1-5H3. The van der Waals surface area contributed by atoms with E-state index in [1.807, 2.05) is 0 Å². The summed E-state index contributed by atoms with van der Waals surface area (Å²) in [7, 11) is -0.433. The van der Waals surface area contributed by atoms with Crippen LogP contribution in [0.25, 0.3) is 6.08 Å². The van der Waals surface area contributed by atoms with Crippen LogP contribution in [0.2, 0.25) is 0 Å². The summed E-state index contributed by atoms with van der Waals surface area (Å²) in [6, 6.07) is 8.58. The Morgan fingerprint density at radius 3 is 2.41 bits per heavy atom. The highest BCUT2D eigenvalue weighted by Gasteiger charge is 2.52. The number of rotatable bonds is 5. The predicted molar refractivity (Wildman–Crippen MR) is 115 cm³/mol. The Morgan fingerprint density at radius 2 is 1.81 bits per heavy atom. The molecule has 2 heterocycles. The van der Waals surface area contributed by atoms with Gasteiger partial charge < -0.3 is 14.2 Å². The van der Waals surface area contributed by atoms with Crippen molar-refractivity contribution in [3.05, 3.63) is 35.3 Å². The van der Waals surface area contributed by atoms with Gasteiger partial charge >= 0.3 is 7.12 Å². The van der Waals surface area contributed by atoms with E-state index < -0.39 is 18.3 Å². The Bertz CT molecular complexity index is 710. The lowest BCUT2D eigenvalue weighted by atomic mass is 9.78. The molecule has 0 spiro atoms. The highest BCUT2D eigenvalue weighted by Crippen LogP contribution is 2.39. The van der Waals surface area contributed by atoms with Crippen LogP contribution in [0.3, 0.4) is 0 Å². The minimum atomic E-state index is -0.433. The lowest BCUT2D eigenvalue weighted by Crippen LogP contribution is -2.41. The third kappa shape index (κ3) is 4.79. The highest BCUT2D eigenvalue weighted by molar-refractivity contribution is 8.13. The number of carbonyl (C=O) groups is 1. The molecule has 146 valence electrons. The molecule has 0 atom stereocenters. The minimum absolute atomic E-state index is 0.100. The monoisotopic (exact) mass is 387 g/mol. The van der Waals surface area contributed by atoms with Gasteiger partial charge in [-0.25, -0.2) is 0 Å². The van der Waals surface area contributed by atoms with Gasteiger partial charge in [-0.2, -0.15) is 0 Å². The third-order valence-electron chi connectivity index (χ3n) is 5.69. The summed E-state index contributed by atoms with van der Waals surface area (Å²) >= 11 is 1.30. The van der Waals surface area contributed by atoms with Crippen molar-refractivity contribution in [2.45, 2.75) is 58.7 Å². The molecule has 1 aromatic rings. The van der Waals surface area contributed by atoms with Crippen LogP contribution in [-0.2, 0) is 14.1 Å². The Hall–Kier alpha value is -1.24. The zero-order chi connectivity index (χ0) is 19.7. The summed E-state index contributed by atoms with van der Waals surface area (Å²) in [5.74, 6) is 0.570. The molecule has 3 rings (SSSR count). The molecule has 2 fully saturated rings. The SMILES string of the molecule is CC(=O)SCC(=Cc1cccc(N2CCCC2)c1)B1OC(C)(C)C(C)(C)O1. The fourth-order valence-electron chi connectivity index (χ4n) is 3.36. The molecule has 27 heavy (non-hydrogen) atoms. The van der Waals surface area contributed by atoms with Crippen LogP contribution in [0.15, 0.2) is 29.7 Å². The van der Waals surface area contributed by atoms with Crippen molar-refractivity contribution in [3.8, 4) is 0 Å². The third-order valence-corrected chi connectivity index (χ3v) is 6.58. The molecule has 0 saturated carbocycles. The van der Waals surface area contributed by atoms with Crippen LogP contribution in [0.4, 0.5) is 5.69 Å². The van der Waals surface area contributed by atoms with E-state index in [0.717, 1.165) is 24.1 Å². The van der Waals surface area contributed by atoms with E-state index in [4.69, 9.17) is 9.31 Å². The second kappa shape index (κ2) is 8.02. The van der Waals surface area contributed by atoms with Crippen molar-refractivity contribution in [2.24, 2.45) is 0 Å². The largest absolute Gasteiger partial charge is 0.491 e. The number of thioether (sulfide) groups is 1. The van der Waals surface area contributed by atoms with Gasteiger partial charge in [0, 0.05) is 31.5 Å². The molecule has 6 heteroatoms. The van der Waals surface area contributed by atoms with Gasteiger partial charge in [-0.15, -0.1) is 0 Å². The average molecular weight is 387 g/mol. The summed E-state index contributed by atoms with van der Waals surface area (Å²) in [4.78, 5) is 14.0. The van der Waals surface area contributed by atoms with Crippen molar-refractivity contribution in [3.63, 3.8) is 0 Å². The van der Waals surface area contributed by atoms with E-state index in [1.54, 1.807) is 6.92 Å². The molecule has 0 aliphatic carbocycles. The van der Waals surface area contributed by atoms with E-state index in [0.29, 0.717) is 5.75 Å². The zero-order valence-corrected chi connectivity index (χ0v) is 17.9. The highest BCUT2D eigenvalue weighted by atomic mass is 32.2. The summed E-state index contributed by atoms with van der Waals surface area (Å²) < 4.78 is 12.5. The van der Waals surface area contributed by atoms with Gasteiger partial charge in [-0.1, -0.05) is 30.0 Å². The van der Waals surface area contributed by atoms with E-state index in [1.165, 1.54) is 30.3 Å². The lowest BCUT2D eigenvalue weighted by molar-refractivity contribution is -0.109. The topological polar surface area (TPSA) is 38.8 Å². The molecule has 1 aromatic carbocycles. The predicted octanol–water partition coefficient (Wildman–Crippen LogP) is 4.58. The van der Waals surface area contributed by atoms with Crippen LogP contribution in [0.5, 0.6) is 0 Å². The van der Waals surface area contributed by atoms with Gasteiger partial charge in [-0.05, 0) is 63.7 Å². The Kier molecular flexibility index (Phi) is 6.09. The molecular weight excluding hydrogens is 357 g/mol. The quantitative estimate of drug-likeness (QED) is 0.692. The van der Waals surface area contributed by atoms with Crippen LogP contribution in [0.1, 0.15) is 53.0 Å². The average Bonchev–Trinajstić information content (AvgIpc) is 3.18. The molecule has 2 saturated heterocycles. The molecule has 0 radical (unpaired) electrons. The normalized spacial score (nSPS) is 21.7. The van der Waals surface area contributed by atoms with Crippen molar-refractivity contribution in [2.75, 3.05) is 23.7 Å². The smallest absolute Gasteiger partial charge is 0.400 e. The second-order valence-electron chi connectivity index (χ2n) is 8.38. The number of benzene rings is 1. The summed E-state index contributed by atoms with van der Waals surface area (Å²) in [6.45, 7) is 12.1. The number of hydrogen-bond donors (Lipinski definition) is 0. The Morgan fingerprint density at radius 1 is 1.19 bits per heavy atom. The molecule has 0 amide bonds. The maximum absolute atomic E-state index is 11.5.